The largest absolute Gasteiger partial charge is 0.507 e. The minimum absolute atomic E-state index is 0.290. The van der Waals surface area contributed by atoms with Crippen molar-refractivity contribution in [3.63, 3.8) is 0 Å². The van der Waals surface area contributed by atoms with Gasteiger partial charge in [0.05, 0.1) is 5.56 Å². The standard InChI is InChI=1S/C22H30O2/c1-16(2)8-6-9-17(3)10-7-12-22(5)13-11-19-20(23)14-18(4)15-21(19)24-22/h8,10-11,13-15,23H,6-7,9,12H2,1-5H3/b17-10+/t22-/m0/s1. The molecule has 2 heteroatoms. The molecule has 1 aliphatic heterocycles. The maximum Gasteiger partial charge on any atom is 0.131 e. The maximum absolute atomic E-state index is 10.0. The molecule has 1 aromatic carbocycles. The summed E-state index contributed by atoms with van der Waals surface area (Å²) in [7, 11) is 0. The van der Waals surface area contributed by atoms with Gasteiger partial charge in [0.15, 0.2) is 0 Å². The first-order chi connectivity index (χ1) is 11.3. The van der Waals surface area contributed by atoms with E-state index in [0.29, 0.717) is 5.75 Å². The van der Waals surface area contributed by atoms with Gasteiger partial charge >= 0.3 is 0 Å². The van der Waals surface area contributed by atoms with Crippen molar-refractivity contribution in [2.75, 3.05) is 0 Å². The van der Waals surface area contributed by atoms with Crippen LogP contribution in [0.25, 0.3) is 6.08 Å². The molecule has 0 unspecified atom stereocenters. The third-order valence-corrected chi connectivity index (χ3v) is 4.44. The summed E-state index contributed by atoms with van der Waals surface area (Å²) in [6.07, 6.45) is 12.8. The van der Waals surface area contributed by atoms with Crippen LogP contribution in [0.15, 0.2) is 41.5 Å². The number of aryl methyl sites for hydroxylation is 1. The van der Waals surface area contributed by atoms with Gasteiger partial charge in [0.25, 0.3) is 0 Å². The summed E-state index contributed by atoms with van der Waals surface area (Å²) in [5, 5.41) is 10.0. The van der Waals surface area contributed by atoms with E-state index >= 15 is 0 Å². The fraction of sp³-hybridized carbons (Fsp3) is 0.455. The smallest absolute Gasteiger partial charge is 0.131 e. The number of ether oxygens (including phenoxy) is 1. The highest BCUT2D eigenvalue weighted by Crippen LogP contribution is 2.38. The van der Waals surface area contributed by atoms with Gasteiger partial charge in [-0.05, 0) is 90.2 Å². The molecular formula is C22H30O2. The van der Waals surface area contributed by atoms with Gasteiger partial charge in [0.2, 0.25) is 0 Å². The number of allylic oxidation sites excluding steroid dienone is 4. The minimum atomic E-state index is -0.316. The molecule has 130 valence electrons. The first-order valence-electron chi connectivity index (χ1n) is 8.80. The van der Waals surface area contributed by atoms with Gasteiger partial charge in [-0.1, -0.05) is 23.3 Å². The number of hydrogen-bond acceptors (Lipinski definition) is 2. The van der Waals surface area contributed by atoms with Crippen LogP contribution in [-0.2, 0) is 0 Å². The van der Waals surface area contributed by atoms with Crippen LogP contribution in [0, 0.1) is 6.92 Å². The van der Waals surface area contributed by atoms with Crippen molar-refractivity contribution in [1.29, 1.82) is 0 Å². The highest BCUT2D eigenvalue weighted by Gasteiger charge is 2.27. The van der Waals surface area contributed by atoms with E-state index in [2.05, 4.69) is 45.9 Å². The number of phenolic OH excluding ortho intramolecular Hbond substituents is 1. The van der Waals surface area contributed by atoms with Crippen molar-refractivity contribution < 1.29 is 9.84 Å². The van der Waals surface area contributed by atoms with Gasteiger partial charge in [-0.25, -0.2) is 0 Å². The van der Waals surface area contributed by atoms with Crippen molar-refractivity contribution >= 4 is 6.08 Å². The second-order valence-corrected chi connectivity index (χ2v) is 7.35. The Morgan fingerprint density at radius 1 is 1.17 bits per heavy atom. The molecule has 0 aromatic heterocycles. The summed E-state index contributed by atoms with van der Waals surface area (Å²) >= 11 is 0. The minimum Gasteiger partial charge on any atom is -0.507 e. The number of phenols is 1. The monoisotopic (exact) mass is 326 g/mol. The molecule has 1 heterocycles. The molecular weight excluding hydrogens is 296 g/mol. The Morgan fingerprint density at radius 2 is 1.92 bits per heavy atom. The van der Waals surface area contributed by atoms with E-state index in [1.807, 2.05) is 19.1 Å². The predicted molar refractivity (Wildman–Crippen MR) is 103 cm³/mol. The molecule has 0 amide bonds. The third kappa shape index (κ3) is 5.02. The quantitative estimate of drug-likeness (QED) is 0.618. The average molecular weight is 326 g/mol. The molecule has 0 bridgehead atoms. The molecule has 0 fully saturated rings. The topological polar surface area (TPSA) is 29.5 Å². The molecule has 1 atom stereocenters. The number of fused-ring (bicyclic) bond motifs is 1. The van der Waals surface area contributed by atoms with Gasteiger partial charge in [0, 0.05) is 0 Å². The van der Waals surface area contributed by atoms with E-state index in [9.17, 15) is 5.11 Å². The number of aromatic hydroxyl groups is 1. The van der Waals surface area contributed by atoms with Crippen LogP contribution >= 0.6 is 0 Å². The van der Waals surface area contributed by atoms with Crippen molar-refractivity contribution in [3.8, 4) is 11.5 Å². The number of benzene rings is 1. The molecule has 2 rings (SSSR count). The second-order valence-electron chi connectivity index (χ2n) is 7.35. The zero-order valence-corrected chi connectivity index (χ0v) is 15.6. The highest BCUT2D eigenvalue weighted by molar-refractivity contribution is 5.67. The SMILES string of the molecule is CC(C)=CCC/C(C)=C/CC[C@@]1(C)C=Cc2c(O)cc(C)cc2O1. The Bertz CT molecular complexity index is 675. The third-order valence-electron chi connectivity index (χ3n) is 4.44. The Balaban J connectivity index is 1.95. The first kappa shape index (κ1) is 18.4. The van der Waals surface area contributed by atoms with Crippen LogP contribution in [0.5, 0.6) is 11.5 Å². The van der Waals surface area contributed by atoms with Crippen LogP contribution in [0.1, 0.15) is 64.5 Å². The summed E-state index contributed by atoms with van der Waals surface area (Å²) in [4.78, 5) is 0. The lowest BCUT2D eigenvalue weighted by Crippen LogP contribution is -2.31. The Hall–Kier alpha value is -1.96. The van der Waals surface area contributed by atoms with Gasteiger partial charge in [-0.15, -0.1) is 0 Å². The molecule has 1 N–H and O–H groups in total. The van der Waals surface area contributed by atoms with Gasteiger partial charge in [0.1, 0.15) is 17.1 Å². The molecule has 1 aliphatic rings. The normalized spacial score (nSPS) is 19.6. The maximum atomic E-state index is 10.0. The lowest BCUT2D eigenvalue weighted by Gasteiger charge is -2.32. The fourth-order valence-corrected chi connectivity index (χ4v) is 2.97. The molecule has 0 spiro atoms. The van der Waals surface area contributed by atoms with Crippen LogP contribution < -0.4 is 4.74 Å². The Morgan fingerprint density at radius 3 is 2.62 bits per heavy atom. The van der Waals surface area contributed by atoms with Crippen LogP contribution in [0.4, 0.5) is 0 Å². The molecule has 0 saturated carbocycles. The summed E-state index contributed by atoms with van der Waals surface area (Å²) in [6.45, 7) is 10.6. The van der Waals surface area contributed by atoms with E-state index in [1.54, 1.807) is 6.07 Å². The van der Waals surface area contributed by atoms with Crippen molar-refractivity contribution in [3.05, 3.63) is 52.6 Å². The predicted octanol–water partition coefficient (Wildman–Crippen LogP) is 6.34. The van der Waals surface area contributed by atoms with Gasteiger partial charge in [-0.2, -0.15) is 0 Å². The van der Waals surface area contributed by atoms with Crippen molar-refractivity contribution in [2.45, 2.75) is 65.9 Å². The number of hydrogen-bond donors (Lipinski definition) is 1. The summed E-state index contributed by atoms with van der Waals surface area (Å²) in [5.74, 6) is 1.07. The van der Waals surface area contributed by atoms with E-state index in [0.717, 1.165) is 42.6 Å². The van der Waals surface area contributed by atoms with E-state index < -0.39 is 0 Å². The highest BCUT2D eigenvalue weighted by atomic mass is 16.5. The average Bonchev–Trinajstić information content (AvgIpc) is 2.45. The molecule has 0 radical (unpaired) electrons. The van der Waals surface area contributed by atoms with Crippen LogP contribution in [0.2, 0.25) is 0 Å². The van der Waals surface area contributed by atoms with Crippen molar-refractivity contribution in [2.24, 2.45) is 0 Å². The molecule has 0 aliphatic carbocycles. The summed E-state index contributed by atoms with van der Waals surface area (Å²) < 4.78 is 6.19. The summed E-state index contributed by atoms with van der Waals surface area (Å²) in [6, 6.07) is 3.77. The number of rotatable bonds is 6. The Labute approximate surface area is 146 Å². The fourth-order valence-electron chi connectivity index (χ4n) is 2.97. The lowest BCUT2D eigenvalue weighted by atomic mass is 9.93. The van der Waals surface area contributed by atoms with E-state index in [4.69, 9.17) is 4.74 Å². The molecule has 1 aromatic rings. The van der Waals surface area contributed by atoms with E-state index in [-0.39, 0.29) is 5.60 Å². The van der Waals surface area contributed by atoms with Crippen LogP contribution in [-0.4, -0.2) is 10.7 Å². The molecule has 24 heavy (non-hydrogen) atoms. The Kier molecular flexibility index (Phi) is 5.93. The second kappa shape index (κ2) is 7.74. The summed E-state index contributed by atoms with van der Waals surface area (Å²) in [5.41, 5.74) is 4.30. The van der Waals surface area contributed by atoms with E-state index in [1.165, 1.54) is 11.1 Å². The molecule has 0 saturated heterocycles. The first-order valence-corrected chi connectivity index (χ1v) is 8.80. The van der Waals surface area contributed by atoms with Gasteiger partial charge in [-0.3, -0.25) is 0 Å². The molecule has 2 nitrogen and oxygen atoms in total. The van der Waals surface area contributed by atoms with Crippen molar-refractivity contribution in [1.82, 2.24) is 0 Å². The zero-order chi connectivity index (χ0) is 17.7. The van der Waals surface area contributed by atoms with Crippen LogP contribution in [0.3, 0.4) is 0 Å². The van der Waals surface area contributed by atoms with Gasteiger partial charge < -0.3 is 9.84 Å². The zero-order valence-electron chi connectivity index (χ0n) is 15.6. The lowest BCUT2D eigenvalue weighted by molar-refractivity contribution is 0.128.